The van der Waals surface area contributed by atoms with Crippen LogP contribution in [0.25, 0.3) is 0 Å². The Morgan fingerprint density at radius 1 is 1.13 bits per heavy atom. The van der Waals surface area contributed by atoms with Gasteiger partial charge < -0.3 is 15.3 Å². The molecule has 0 saturated carbocycles. The zero-order valence-corrected chi connectivity index (χ0v) is 12.6. The summed E-state index contributed by atoms with van der Waals surface area (Å²) in [5, 5.41) is 11.2. The highest BCUT2D eigenvalue weighted by Gasteiger charge is 2.25. The van der Waals surface area contributed by atoms with E-state index < -0.39 is 12.1 Å². The summed E-state index contributed by atoms with van der Waals surface area (Å²) >= 11 is 0. The van der Waals surface area contributed by atoms with Gasteiger partial charge in [-0.15, -0.1) is 0 Å². The van der Waals surface area contributed by atoms with Crippen molar-refractivity contribution in [1.29, 1.82) is 0 Å². The number of likely N-dealkylation sites (N-methyl/N-ethyl adjacent to an activating group) is 1. The largest absolute Gasteiger partial charge is 0.465 e. The quantitative estimate of drug-likeness (QED) is 0.891. The van der Waals surface area contributed by atoms with Crippen LogP contribution < -0.4 is 5.32 Å². The Bertz CT molecular complexity index is 674. The number of nitrogens with one attached hydrogen (secondary N) is 1. The summed E-state index contributed by atoms with van der Waals surface area (Å²) in [6.07, 6.45) is -1.28. The Hall–Kier alpha value is -2.89. The molecule has 2 N–H and O–H groups in total. The number of amides is 2. The van der Waals surface area contributed by atoms with Gasteiger partial charge in [-0.2, -0.15) is 0 Å². The van der Waals surface area contributed by atoms with Gasteiger partial charge in [0.15, 0.2) is 0 Å². The SMILES string of the molecule is CN(Cc1ccc(F)cc1)C(=O)C(NC(=O)O)c1ccccc1. The summed E-state index contributed by atoms with van der Waals surface area (Å²) in [4.78, 5) is 25.0. The van der Waals surface area contributed by atoms with Crippen molar-refractivity contribution < 1.29 is 19.1 Å². The molecule has 2 aromatic rings. The first-order chi connectivity index (χ1) is 11.0. The van der Waals surface area contributed by atoms with E-state index >= 15 is 0 Å². The highest BCUT2D eigenvalue weighted by atomic mass is 19.1. The van der Waals surface area contributed by atoms with Crippen LogP contribution in [0.5, 0.6) is 0 Å². The standard InChI is InChI=1S/C17H17FN2O3/c1-20(11-12-7-9-14(18)10-8-12)16(21)15(19-17(22)23)13-5-3-2-4-6-13/h2-10,15,19H,11H2,1H3,(H,22,23). The fourth-order valence-electron chi connectivity index (χ4n) is 2.22. The lowest BCUT2D eigenvalue weighted by Crippen LogP contribution is -2.40. The molecule has 1 unspecified atom stereocenters. The van der Waals surface area contributed by atoms with Gasteiger partial charge in [-0.05, 0) is 23.3 Å². The minimum atomic E-state index is -1.28. The molecule has 5 nitrogen and oxygen atoms in total. The van der Waals surface area contributed by atoms with E-state index in [1.165, 1.54) is 17.0 Å². The van der Waals surface area contributed by atoms with Gasteiger partial charge in [0.25, 0.3) is 0 Å². The molecule has 120 valence electrons. The first kappa shape index (κ1) is 16.5. The van der Waals surface area contributed by atoms with Gasteiger partial charge in [-0.3, -0.25) is 4.79 Å². The van der Waals surface area contributed by atoms with E-state index in [1.807, 2.05) is 0 Å². The van der Waals surface area contributed by atoms with E-state index in [-0.39, 0.29) is 18.3 Å². The summed E-state index contributed by atoms with van der Waals surface area (Å²) < 4.78 is 12.9. The van der Waals surface area contributed by atoms with Crippen molar-refractivity contribution in [2.75, 3.05) is 7.05 Å². The van der Waals surface area contributed by atoms with Crippen molar-refractivity contribution in [3.05, 3.63) is 71.5 Å². The number of rotatable bonds is 5. The molecule has 0 bridgehead atoms. The molecule has 0 radical (unpaired) electrons. The van der Waals surface area contributed by atoms with Crippen molar-refractivity contribution in [3.63, 3.8) is 0 Å². The van der Waals surface area contributed by atoms with E-state index in [1.54, 1.807) is 49.5 Å². The van der Waals surface area contributed by atoms with Gasteiger partial charge in [0.05, 0.1) is 0 Å². The molecule has 0 fully saturated rings. The Morgan fingerprint density at radius 3 is 2.30 bits per heavy atom. The summed E-state index contributed by atoms with van der Waals surface area (Å²) in [6.45, 7) is 0.254. The van der Waals surface area contributed by atoms with E-state index in [0.29, 0.717) is 5.56 Å². The lowest BCUT2D eigenvalue weighted by Gasteiger charge is -2.24. The summed E-state index contributed by atoms with van der Waals surface area (Å²) in [6, 6.07) is 13.4. The number of carboxylic acid groups (broad SMARTS) is 1. The van der Waals surface area contributed by atoms with Crippen LogP contribution in [0.1, 0.15) is 17.2 Å². The van der Waals surface area contributed by atoms with E-state index in [0.717, 1.165) is 5.56 Å². The van der Waals surface area contributed by atoms with Gasteiger partial charge in [0, 0.05) is 13.6 Å². The monoisotopic (exact) mass is 316 g/mol. The molecule has 6 heteroatoms. The van der Waals surface area contributed by atoms with Crippen LogP contribution in [0, 0.1) is 5.82 Å². The molecule has 2 amide bonds. The average molecular weight is 316 g/mol. The molecule has 0 aliphatic carbocycles. The number of hydrogen-bond donors (Lipinski definition) is 2. The second-order valence-corrected chi connectivity index (χ2v) is 5.11. The zero-order valence-electron chi connectivity index (χ0n) is 12.6. The first-order valence-electron chi connectivity index (χ1n) is 7.01. The Labute approximate surface area is 133 Å². The summed E-state index contributed by atoms with van der Waals surface area (Å²) in [5.74, 6) is -0.736. The fraction of sp³-hybridized carbons (Fsp3) is 0.176. The fourth-order valence-corrected chi connectivity index (χ4v) is 2.22. The molecule has 0 aliphatic rings. The van der Waals surface area contributed by atoms with Gasteiger partial charge in [-0.1, -0.05) is 42.5 Å². The summed E-state index contributed by atoms with van der Waals surface area (Å²) in [7, 11) is 1.57. The molecule has 0 heterocycles. The highest BCUT2D eigenvalue weighted by molar-refractivity contribution is 5.86. The minimum Gasteiger partial charge on any atom is -0.465 e. The number of nitrogens with zero attached hydrogens (tertiary/aromatic N) is 1. The predicted octanol–water partition coefficient (Wildman–Crippen LogP) is 2.79. The van der Waals surface area contributed by atoms with Gasteiger partial charge in [-0.25, -0.2) is 9.18 Å². The molecular formula is C17H17FN2O3. The molecule has 0 aliphatic heterocycles. The van der Waals surface area contributed by atoms with Crippen LogP contribution in [0.2, 0.25) is 0 Å². The molecule has 0 spiro atoms. The van der Waals surface area contributed by atoms with Gasteiger partial charge >= 0.3 is 6.09 Å². The second kappa shape index (κ2) is 7.40. The Kier molecular flexibility index (Phi) is 5.30. The summed E-state index contributed by atoms with van der Waals surface area (Å²) in [5.41, 5.74) is 1.32. The molecular weight excluding hydrogens is 299 g/mol. The molecule has 1 atom stereocenters. The van der Waals surface area contributed by atoms with Crippen LogP contribution >= 0.6 is 0 Å². The lowest BCUT2D eigenvalue weighted by molar-refractivity contribution is -0.132. The third-order valence-electron chi connectivity index (χ3n) is 3.36. The molecule has 2 rings (SSSR count). The molecule has 2 aromatic carbocycles. The molecule has 0 saturated heterocycles. The van der Waals surface area contributed by atoms with Crippen molar-refractivity contribution in [2.45, 2.75) is 12.6 Å². The minimum absolute atomic E-state index is 0.254. The maximum atomic E-state index is 12.9. The van der Waals surface area contributed by atoms with Crippen LogP contribution in [0.4, 0.5) is 9.18 Å². The highest BCUT2D eigenvalue weighted by Crippen LogP contribution is 2.17. The van der Waals surface area contributed by atoms with Crippen LogP contribution in [-0.4, -0.2) is 29.1 Å². The first-order valence-corrected chi connectivity index (χ1v) is 7.01. The topological polar surface area (TPSA) is 69.6 Å². The van der Waals surface area contributed by atoms with Crippen LogP contribution in [0.15, 0.2) is 54.6 Å². The number of benzene rings is 2. The van der Waals surface area contributed by atoms with Crippen LogP contribution in [-0.2, 0) is 11.3 Å². The Morgan fingerprint density at radius 2 is 1.74 bits per heavy atom. The van der Waals surface area contributed by atoms with Crippen molar-refractivity contribution >= 4 is 12.0 Å². The number of carbonyl (C=O) groups excluding carboxylic acids is 1. The number of halogens is 1. The predicted molar refractivity (Wildman–Crippen MR) is 83.2 cm³/mol. The van der Waals surface area contributed by atoms with Crippen LogP contribution in [0.3, 0.4) is 0 Å². The molecule has 0 aromatic heterocycles. The maximum absolute atomic E-state index is 12.9. The third-order valence-corrected chi connectivity index (χ3v) is 3.36. The number of hydrogen-bond acceptors (Lipinski definition) is 2. The average Bonchev–Trinajstić information content (AvgIpc) is 2.54. The van der Waals surface area contributed by atoms with Gasteiger partial charge in [0.1, 0.15) is 11.9 Å². The van der Waals surface area contributed by atoms with E-state index in [4.69, 9.17) is 5.11 Å². The maximum Gasteiger partial charge on any atom is 0.405 e. The van der Waals surface area contributed by atoms with Crippen molar-refractivity contribution in [1.82, 2.24) is 10.2 Å². The molecule has 23 heavy (non-hydrogen) atoms. The van der Waals surface area contributed by atoms with E-state index in [9.17, 15) is 14.0 Å². The zero-order chi connectivity index (χ0) is 16.8. The normalized spacial score (nSPS) is 11.6. The second-order valence-electron chi connectivity index (χ2n) is 5.11. The van der Waals surface area contributed by atoms with Gasteiger partial charge in [0.2, 0.25) is 5.91 Å². The van der Waals surface area contributed by atoms with Crippen molar-refractivity contribution in [3.8, 4) is 0 Å². The van der Waals surface area contributed by atoms with Crippen molar-refractivity contribution in [2.24, 2.45) is 0 Å². The van der Waals surface area contributed by atoms with E-state index in [2.05, 4.69) is 5.32 Å². The number of carbonyl (C=O) groups is 2. The smallest absolute Gasteiger partial charge is 0.405 e. The lowest BCUT2D eigenvalue weighted by atomic mass is 10.1. The third kappa shape index (κ3) is 4.54. The Balaban J connectivity index is 2.15.